The van der Waals surface area contributed by atoms with Crippen LogP contribution in [0.25, 0.3) is 0 Å². The lowest BCUT2D eigenvalue weighted by atomic mass is 9.71. The van der Waals surface area contributed by atoms with Crippen LogP contribution in [0.15, 0.2) is 33.4 Å². The first-order valence-electron chi connectivity index (χ1n) is 5.15. The average molecular weight is 284 g/mol. The van der Waals surface area contributed by atoms with Crippen molar-refractivity contribution in [3.05, 3.63) is 33.4 Å². The second-order valence-electron chi connectivity index (χ2n) is 3.84. The molecule has 0 saturated heterocycles. The molecule has 0 aromatic heterocycles. The molecule has 84 valence electrons. The number of rotatable bonds is 1. The lowest BCUT2D eigenvalue weighted by Crippen LogP contribution is -2.41. The highest BCUT2D eigenvalue weighted by atomic mass is 79.9. The Balaban J connectivity index is 2.13. The number of halogens is 1. The maximum absolute atomic E-state index is 5.78. The van der Waals surface area contributed by atoms with Crippen LogP contribution in [0.1, 0.15) is 0 Å². The van der Waals surface area contributed by atoms with E-state index in [1.54, 1.807) is 6.26 Å². The van der Waals surface area contributed by atoms with Crippen molar-refractivity contribution in [1.82, 2.24) is 5.32 Å². The molecule has 16 heavy (non-hydrogen) atoms. The van der Waals surface area contributed by atoms with Gasteiger partial charge in [0.2, 0.25) is 0 Å². The number of nitrogens with one attached hydrogen (secondary N) is 1. The Bertz CT molecular complexity index is 418. The highest BCUT2D eigenvalue weighted by Crippen LogP contribution is 2.38. The van der Waals surface area contributed by atoms with E-state index >= 15 is 0 Å². The largest absolute Gasteiger partial charge is 0.497 e. The molecule has 0 bridgehead atoms. The molecule has 0 aromatic rings. The highest BCUT2D eigenvalue weighted by Gasteiger charge is 2.42. The molecule has 0 fully saturated rings. The molecule has 0 spiro atoms. The van der Waals surface area contributed by atoms with E-state index in [-0.39, 0.29) is 13.3 Å². The molecule has 1 N–H and O–H groups in total. The lowest BCUT2D eigenvalue weighted by molar-refractivity contribution is 0.159. The Hall–Kier alpha value is -0.555. The summed E-state index contributed by atoms with van der Waals surface area (Å²) in [6, 6.07) is 0. The van der Waals surface area contributed by atoms with Gasteiger partial charge in [0.05, 0.1) is 12.9 Å². The van der Waals surface area contributed by atoms with Crippen LogP contribution in [0.5, 0.6) is 0 Å². The van der Waals surface area contributed by atoms with Crippen LogP contribution in [0.2, 0.25) is 0 Å². The molecular weight excluding hydrogens is 273 g/mol. The van der Waals surface area contributed by atoms with Gasteiger partial charge in [-0.25, -0.2) is 0 Å². The number of hydrogen-bond acceptors (Lipinski definition) is 4. The summed E-state index contributed by atoms with van der Waals surface area (Å²) >= 11 is 3.57. The third-order valence-corrected chi connectivity index (χ3v) is 3.76. The number of likely N-dealkylation sites (N-methyl/N-ethyl adjacent to an activating group) is 1. The summed E-state index contributed by atoms with van der Waals surface area (Å²) in [5.74, 6) is 0. The third-order valence-electron chi connectivity index (χ3n) is 2.91. The van der Waals surface area contributed by atoms with Crippen molar-refractivity contribution in [3.8, 4) is 0 Å². The normalized spacial score (nSPS) is 28.1. The predicted molar refractivity (Wildman–Crippen MR) is 63.7 cm³/mol. The van der Waals surface area contributed by atoms with Gasteiger partial charge >= 0.3 is 7.12 Å². The minimum atomic E-state index is -0.268. The molecule has 0 unspecified atom stereocenters. The Morgan fingerprint density at radius 3 is 3.19 bits per heavy atom. The summed E-state index contributed by atoms with van der Waals surface area (Å²) in [5, 5.41) is 3.09. The Labute approximate surface area is 103 Å². The molecule has 0 aliphatic carbocycles. The third kappa shape index (κ3) is 1.49. The Morgan fingerprint density at radius 1 is 1.50 bits per heavy atom. The molecule has 3 aliphatic heterocycles. The maximum atomic E-state index is 5.78. The van der Waals surface area contributed by atoms with E-state index in [9.17, 15) is 0 Å². The van der Waals surface area contributed by atoms with E-state index in [4.69, 9.17) is 14.0 Å². The zero-order valence-electron chi connectivity index (χ0n) is 8.83. The van der Waals surface area contributed by atoms with Crippen LogP contribution in [0, 0.1) is 0 Å². The summed E-state index contributed by atoms with van der Waals surface area (Å²) in [6.07, 6.45) is 3.52. The lowest BCUT2D eigenvalue weighted by Gasteiger charge is -2.27. The minimum absolute atomic E-state index is 0.161. The fraction of sp³-hybridized carbons (Fsp3) is 0.400. The first-order valence-corrected chi connectivity index (χ1v) is 5.95. The Kier molecular flexibility index (Phi) is 2.67. The molecule has 1 atom stereocenters. The monoisotopic (exact) mass is 283 g/mol. The van der Waals surface area contributed by atoms with Gasteiger partial charge in [-0.3, -0.25) is 5.32 Å². The van der Waals surface area contributed by atoms with Crippen molar-refractivity contribution in [2.24, 2.45) is 0 Å². The van der Waals surface area contributed by atoms with Crippen molar-refractivity contribution in [2.75, 3.05) is 20.3 Å². The zero-order chi connectivity index (χ0) is 11.1. The van der Waals surface area contributed by atoms with Gasteiger partial charge in [0.1, 0.15) is 12.8 Å². The predicted octanol–water partition coefficient (Wildman–Crippen LogP) is 1.11. The average Bonchev–Trinajstić information content (AvgIpc) is 2.57. The minimum Gasteiger partial charge on any atom is -0.497 e. The molecular formula is C10H11BBrNO3. The summed E-state index contributed by atoms with van der Waals surface area (Å²) in [5.41, 5.74) is 3.39. The van der Waals surface area contributed by atoms with Crippen LogP contribution in [0.4, 0.5) is 0 Å². The van der Waals surface area contributed by atoms with Crippen molar-refractivity contribution in [2.45, 2.75) is 6.23 Å². The smallest absolute Gasteiger partial charge is 0.496 e. The van der Waals surface area contributed by atoms with E-state index in [0.29, 0.717) is 13.2 Å². The van der Waals surface area contributed by atoms with Crippen LogP contribution < -0.4 is 5.32 Å². The zero-order valence-corrected chi connectivity index (χ0v) is 10.4. The fourth-order valence-corrected chi connectivity index (χ4v) is 2.81. The van der Waals surface area contributed by atoms with Crippen molar-refractivity contribution in [3.63, 3.8) is 0 Å². The molecule has 6 heteroatoms. The van der Waals surface area contributed by atoms with E-state index in [1.165, 1.54) is 0 Å². The van der Waals surface area contributed by atoms with E-state index < -0.39 is 0 Å². The van der Waals surface area contributed by atoms with Crippen LogP contribution in [0.3, 0.4) is 0 Å². The van der Waals surface area contributed by atoms with Crippen molar-refractivity contribution < 1.29 is 14.0 Å². The van der Waals surface area contributed by atoms with Crippen LogP contribution in [-0.4, -0.2) is 33.6 Å². The van der Waals surface area contributed by atoms with Crippen molar-refractivity contribution in [1.29, 1.82) is 0 Å². The van der Waals surface area contributed by atoms with Crippen LogP contribution >= 0.6 is 15.9 Å². The molecule has 3 rings (SSSR count). The summed E-state index contributed by atoms with van der Waals surface area (Å²) < 4.78 is 17.8. The van der Waals surface area contributed by atoms with Gasteiger partial charge in [-0.05, 0) is 29.7 Å². The highest BCUT2D eigenvalue weighted by molar-refractivity contribution is 9.11. The first-order chi connectivity index (χ1) is 7.81. The molecule has 0 radical (unpaired) electrons. The number of hydrogen-bond donors (Lipinski definition) is 1. The topological polar surface area (TPSA) is 39.7 Å². The summed E-state index contributed by atoms with van der Waals surface area (Å²) in [7, 11) is 1.59. The number of ether oxygens (including phenoxy) is 1. The molecule has 0 amide bonds. The van der Waals surface area contributed by atoms with E-state index in [2.05, 4.69) is 21.2 Å². The fourth-order valence-electron chi connectivity index (χ4n) is 2.13. The van der Waals surface area contributed by atoms with Gasteiger partial charge in [0.25, 0.3) is 0 Å². The van der Waals surface area contributed by atoms with Gasteiger partial charge in [0, 0.05) is 4.48 Å². The molecule has 0 aromatic carbocycles. The molecule has 3 aliphatic rings. The first kappa shape index (κ1) is 10.6. The SMILES string of the molecule is CN[C@H]1OB2OCC3=C2C(=C1Br)C=COC3. The second-order valence-corrected chi connectivity index (χ2v) is 4.69. The van der Waals surface area contributed by atoms with Gasteiger partial charge in [-0.2, -0.15) is 0 Å². The van der Waals surface area contributed by atoms with Gasteiger partial charge < -0.3 is 14.0 Å². The standard InChI is InChI=1S/C10H11BBrNO3/c1-13-10-9(12)7-2-3-14-4-6-5-15-11(16-10)8(6)7/h2-3,10,13H,4-5H2,1H3/t10-/m0/s1. The van der Waals surface area contributed by atoms with Gasteiger partial charge in [-0.1, -0.05) is 15.9 Å². The summed E-state index contributed by atoms with van der Waals surface area (Å²) in [4.78, 5) is 0. The number of allylic oxidation sites excluding steroid dienone is 3. The van der Waals surface area contributed by atoms with E-state index in [1.807, 2.05) is 13.1 Å². The quantitative estimate of drug-likeness (QED) is 0.732. The molecule has 0 saturated carbocycles. The Morgan fingerprint density at radius 2 is 2.38 bits per heavy atom. The van der Waals surface area contributed by atoms with E-state index in [0.717, 1.165) is 21.1 Å². The molecule has 4 nitrogen and oxygen atoms in total. The summed E-state index contributed by atoms with van der Waals surface area (Å²) in [6.45, 7) is 1.17. The second kappa shape index (κ2) is 4.03. The maximum Gasteiger partial charge on any atom is 0.496 e. The van der Waals surface area contributed by atoms with Crippen molar-refractivity contribution >= 4 is 23.0 Å². The van der Waals surface area contributed by atoms with Gasteiger partial charge in [-0.15, -0.1) is 0 Å². The van der Waals surface area contributed by atoms with Gasteiger partial charge in [0.15, 0.2) is 0 Å². The van der Waals surface area contributed by atoms with Crippen LogP contribution in [-0.2, 0) is 14.0 Å². The molecule has 3 heterocycles.